The van der Waals surface area contributed by atoms with Gasteiger partial charge in [0.2, 0.25) is 0 Å². The molecule has 0 saturated carbocycles. The highest BCUT2D eigenvalue weighted by Gasteiger charge is 2.37. The SMILES string of the molecule is CC(C)c1nccc2c1-n1c(=O)nc(N3C[C@H](C)N(C(=O)OC(C)(C)C)C[C@@H]3C)c3cc(Cl)c(nc31)-c1c(F)ccc(F)c1OCCC2. The number of aryl methyl sites for hydroxylation is 1. The van der Waals surface area contributed by atoms with Gasteiger partial charge < -0.3 is 19.3 Å². The number of aromatic nitrogens is 4. The molecule has 2 aliphatic rings. The Hall–Kier alpha value is -4.32. The number of benzene rings is 1. The molecule has 1 amide bonds. The molecule has 0 spiro atoms. The van der Waals surface area contributed by atoms with Crippen molar-refractivity contribution in [1.82, 2.24) is 24.4 Å². The van der Waals surface area contributed by atoms with E-state index in [2.05, 4.69) is 9.97 Å². The fourth-order valence-electron chi connectivity index (χ4n) is 6.42. The summed E-state index contributed by atoms with van der Waals surface area (Å²) >= 11 is 6.88. The summed E-state index contributed by atoms with van der Waals surface area (Å²) in [6, 6.07) is 4.84. The Labute approximate surface area is 282 Å². The van der Waals surface area contributed by atoms with Gasteiger partial charge in [0.05, 0.1) is 39.7 Å². The predicted molar refractivity (Wildman–Crippen MR) is 180 cm³/mol. The first-order chi connectivity index (χ1) is 22.7. The number of pyridine rings is 2. The molecule has 4 aromatic rings. The first-order valence-electron chi connectivity index (χ1n) is 16.1. The van der Waals surface area contributed by atoms with Crippen LogP contribution in [0, 0.1) is 11.6 Å². The monoisotopic (exact) mass is 680 g/mol. The molecule has 2 bridgehead atoms. The van der Waals surface area contributed by atoms with Crippen molar-refractivity contribution < 1.29 is 23.0 Å². The Kier molecular flexibility index (Phi) is 8.82. The van der Waals surface area contributed by atoms with Crippen LogP contribution >= 0.6 is 11.6 Å². The molecule has 6 rings (SSSR count). The Bertz CT molecular complexity index is 1980. The van der Waals surface area contributed by atoms with E-state index in [1.165, 1.54) is 4.57 Å². The van der Waals surface area contributed by atoms with E-state index in [4.69, 9.17) is 26.1 Å². The van der Waals surface area contributed by atoms with Crippen LogP contribution in [0.4, 0.5) is 19.4 Å². The van der Waals surface area contributed by atoms with Gasteiger partial charge in [0.25, 0.3) is 0 Å². The fourth-order valence-corrected chi connectivity index (χ4v) is 6.67. The zero-order valence-corrected chi connectivity index (χ0v) is 28.9. The molecular weight excluding hydrogens is 642 g/mol. The first kappa shape index (κ1) is 33.6. The van der Waals surface area contributed by atoms with E-state index in [-0.39, 0.29) is 52.3 Å². The lowest BCUT2D eigenvalue weighted by Crippen LogP contribution is -2.59. The molecule has 10 nitrogen and oxygen atoms in total. The van der Waals surface area contributed by atoms with Gasteiger partial charge in [-0.1, -0.05) is 25.4 Å². The zero-order chi connectivity index (χ0) is 34.7. The molecule has 254 valence electrons. The average molecular weight is 681 g/mol. The zero-order valence-electron chi connectivity index (χ0n) is 28.1. The fraction of sp³-hybridized carbons (Fsp3) is 0.457. The van der Waals surface area contributed by atoms with Crippen LogP contribution in [0.1, 0.15) is 72.1 Å². The summed E-state index contributed by atoms with van der Waals surface area (Å²) in [5, 5.41) is 0.444. The topological polar surface area (TPSA) is 103 Å². The number of amides is 1. The average Bonchev–Trinajstić information content (AvgIpc) is 3.00. The maximum Gasteiger partial charge on any atom is 0.410 e. The molecule has 0 unspecified atom stereocenters. The van der Waals surface area contributed by atoms with Gasteiger partial charge in [-0.15, -0.1) is 0 Å². The number of fused-ring (bicyclic) bond motifs is 5. The molecular formula is C35H39ClF2N6O4. The molecule has 0 radical (unpaired) electrons. The van der Waals surface area contributed by atoms with Gasteiger partial charge >= 0.3 is 11.8 Å². The van der Waals surface area contributed by atoms with E-state index in [9.17, 15) is 9.59 Å². The van der Waals surface area contributed by atoms with E-state index < -0.39 is 29.0 Å². The van der Waals surface area contributed by atoms with Crippen molar-refractivity contribution in [2.24, 2.45) is 0 Å². The van der Waals surface area contributed by atoms with E-state index in [0.717, 1.165) is 17.7 Å². The van der Waals surface area contributed by atoms with Crippen LogP contribution in [0.3, 0.4) is 0 Å². The maximum absolute atomic E-state index is 15.6. The molecule has 1 aromatic carbocycles. The molecule has 5 heterocycles. The third kappa shape index (κ3) is 6.06. The van der Waals surface area contributed by atoms with Crippen molar-refractivity contribution in [1.29, 1.82) is 0 Å². The number of halogens is 3. The summed E-state index contributed by atoms with van der Waals surface area (Å²) < 4.78 is 43.7. The van der Waals surface area contributed by atoms with Crippen LogP contribution in [0.2, 0.25) is 5.02 Å². The quantitative estimate of drug-likeness (QED) is 0.222. The van der Waals surface area contributed by atoms with E-state index in [1.54, 1.807) is 17.2 Å². The van der Waals surface area contributed by atoms with Crippen LogP contribution in [0.5, 0.6) is 5.75 Å². The minimum Gasteiger partial charge on any atom is -0.490 e. The Balaban J connectivity index is 1.63. The summed E-state index contributed by atoms with van der Waals surface area (Å²) in [5.74, 6) is -1.59. The second-order valence-electron chi connectivity index (χ2n) is 13.8. The molecule has 13 heteroatoms. The standard InChI is InChI=1S/C35H39ClF2N6O4/c1-18(2)27-29-21(12-13-39-27)9-8-14-47-30-25(38)11-10-24(37)26(30)28-23(36)15-22-31(41-33(45)44(29)32(22)40-28)42-16-20(4)43(17-19(42)3)34(46)48-35(5,6)7/h10-13,15,18-20H,8-9,14,16-17H2,1-7H3/t19-,20-/m0/s1. The molecule has 0 N–H and O–H groups in total. The highest BCUT2D eigenvalue weighted by atomic mass is 35.5. The lowest BCUT2D eigenvalue weighted by atomic mass is 10.0. The van der Waals surface area contributed by atoms with Crippen LogP contribution in [-0.4, -0.2) is 67.9 Å². The minimum atomic E-state index is -0.772. The normalized spacial score (nSPS) is 18.2. The van der Waals surface area contributed by atoms with E-state index >= 15 is 8.78 Å². The van der Waals surface area contributed by atoms with Crippen molar-refractivity contribution in [3.8, 4) is 22.7 Å². The highest BCUT2D eigenvalue weighted by molar-refractivity contribution is 6.34. The number of hydrogen-bond donors (Lipinski definition) is 0. The van der Waals surface area contributed by atoms with Crippen molar-refractivity contribution in [3.63, 3.8) is 0 Å². The largest absolute Gasteiger partial charge is 0.490 e. The number of piperazine rings is 1. The second-order valence-corrected chi connectivity index (χ2v) is 14.2. The Morgan fingerprint density at radius 3 is 2.52 bits per heavy atom. The molecule has 1 saturated heterocycles. The van der Waals surface area contributed by atoms with Gasteiger partial charge in [-0.2, -0.15) is 4.98 Å². The second kappa shape index (κ2) is 12.6. The number of anilines is 1. The van der Waals surface area contributed by atoms with Gasteiger partial charge in [-0.05, 0) is 83.2 Å². The van der Waals surface area contributed by atoms with Crippen LogP contribution in [0.25, 0.3) is 28.0 Å². The molecule has 2 atom stereocenters. The maximum atomic E-state index is 15.6. The summed E-state index contributed by atoms with van der Waals surface area (Å²) in [6.45, 7) is 14.0. The molecule has 3 aromatic heterocycles. The van der Waals surface area contributed by atoms with Gasteiger partial charge in [-0.3, -0.25) is 4.98 Å². The smallest absolute Gasteiger partial charge is 0.410 e. The van der Waals surface area contributed by atoms with Gasteiger partial charge in [-0.25, -0.2) is 27.9 Å². The van der Waals surface area contributed by atoms with E-state index in [0.29, 0.717) is 48.5 Å². The number of carbonyl (C=O) groups excluding carboxylic acids is 1. The number of nitrogens with zero attached hydrogens (tertiary/aromatic N) is 6. The highest BCUT2D eigenvalue weighted by Crippen LogP contribution is 2.41. The van der Waals surface area contributed by atoms with E-state index in [1.807, 2.05) is 59.4 Å². The number of carbonyl (C=O) groups is 1. The van der Waals surface area contributed by atoms with Crippen LogP contribution in [-0.2, 0) is 11.2 Å². The van der Waals surface area contributed by atoms with Crippen molar-refractivity contribution >= 4 is 34.5 Å². The summed E-state index contributed by atoms with van der Waals surface area (Å²) in [6.07, 6.45) is 2.18. The molecule has 1 fully saturated rings. The number of hydrogen-bond acceptors (Lipinski definition) is 8. The van der Waals surface area contributed by atoms with Crippen molar-refractivity contribution in [2.45, 2.75) is 84.9 Å². The molecule has 0 aliphatic carbocycles. The first-order valence-corrected chi connectivity index (χ1v) is 16.5. The summed E-state index contributed by atoms with van der Waals surface area (Å²) in [7, 11) is 0. The van der Waals surface area contributed by atoms with Crippen LogP contribution in [0.15, 0.2) is 35.3 Å². The molecule has 2 aliphatic heterocycles. The van der Waals surface area contributed by atoms with Crippen LogP contribution < -0.4 is 15.3 Å². The number of rotatable bonds is 2. The summed E-state index contributed by atoms with van der Waals surface area (Å²) in [4.78, 5) is 45.2. The summed E-state index contributed by atoms with van der Waals surface area (Å²) in [5.41, 5.74) is 0.583. The third-order valence-electron chi connectivity index (χ3n) is 8.63. The Morgan fingerprint density at radius 2 is 1.81 bits per heavy atom. The van der Waals surface area contributed by atoms with Gasteiger partial charge in [0.1, 0.15) is 17.2 Å². The van der Waals surface area contributed by atoms with Gasteiger partial charge in [0, 0.05) is 31.4 Å². The number of ether oxygens (including phenoxy) is 2. The lowest BCUT2D eigenvalue weighted by molar-refractivity contribution is 0.0130. The predicted octanol–water partition coefficient (Wildman–Crippen LogP) is 7.06. The Morgan fingerprint density at radius 1 is 1.08 bits per heavy atom. The molecule has 48 heavy (non-hydrogen) atoms. The van der Waals surface area contributed by atoms with Crippen molar-refractivity contribution in [3.05, 3.63) is 68.9 Å². The van der Waals surface area contributed by atoms with Crippen molar-refractivity contribution in [2.75, 3.05) is 24.6 Å². The minimum absolute atomic E-state index is 0.0192. The lowest BCUT2D eigenvalue weighted by Gasteiger charge is -2.44. The third-order valence-corrected chi connectivity index (χ3v) is 8.91. The van der Waals surface area contributed by atoms with Gasteiger partial charge in [0.15, 0.2) is 17.2 Å².